The molecule has 0 fully saturated rings. The second kappa shape index (κ2) is 9.30. The fourth-order valence-corrected chi connectivity index (χ4v) is 2.25. The predicted molar refractivity (Wildman–Crippen MR) is 93.0 cm³/mol. The lowest BCUT2D eigenvalue weighted by Gasteiger charge is -2.28. The number of nitrogens with zero attached hydrogens (tertiary/aromatic N) is 1. The maximum absolute atomic E-state index is 12.7. The first-order chi connectivity index (χ1) is 10.9. The van der Waals surface area contributed by atoms with Gasteiger partial charge in [0.15, 0.2) is 0 Å². The molecule has 0 bridgehead atoms. The van der Waals surface area contributed by atoms with E-state index >= 15 is 0 Å². The third-order valence-corrected chi connectivity index (χ3v) is 4.06. The molecule has 0 saturated heterocycles. The number of benzene rings is 1. The molecule has 2 amide bonds. The van der Waals surface area contributed by atoms with Gasteiger partial charge in [-0.05, 0) is 39.4 Å². The fraction of sp³-hybridized carbons (Fsp3) is 0.556. The van der Waals surface area contributed by atoms with Gasteiger partial charge in [-0.2, -0.15) is 0 Å². The third kappa shape index (κ3) is 5.67. The number of hydrogen-bond acceptors (Lipinski definition) is 3. The van der Waals surface area contributed by atoms with Crippen LogP contribution >= 0.6 is 0 Å². The van der Waals surface area contributed by atoms with Gasteiger partial charge in [0.25, 0.3) is 0 Å². The normalized spacial score (nSPS) is 14.9. The minimum Gasteiger partial charge on any atom is -0.352 e. The number of likely N-dealkylation sites (N-methyl/N-ethyl adjacent to an activating group) is 1. The Morgan fingerprint density at radius 2 is 1.65 bits per heavy atom. The lowest BCUT2D eigenvalue weighted by Crippen LogP contribution is -2.50. The Bertz CT molecular complexity index is 504. The Morgan fingerprint density at radius 1 is 1.04 bits per heavy atom. The molecule has 1 aromatic rings. The molecule has 0 aliphatic rings. The summed E-state index contributed by atoms with van der Waals surface area (Å²) in [6, 6.07) is 8.75. The molecule has 128 valence electrons. The van der Waals surface area contributed by atoms with Crippen molar-refractivity contribution < 1.29 is 9.59 Å². The van der Waals surface area contributed by atoms with E-state index < -0.39 is 12.1 Å². The van der Waals surface area contributed by atoms with Crippen LogP contribution in [0.3, 0.4) is 0 Å². The topological polar surface area (TPSA) is 61.4 Å². The Kier molecular flexibility index (Phi) is 7.75. The van der Waals surface area contributed by atoms with Crippen molar-refractivity contribution in [1.82, 2.24) is 15.5 Å². The van der Waals surface area contributed by atoms with Crippen LogP contribution in [-0.4, -0.2) is 42.4 Å². The fourth-order valence-electron chi connectivity index (χ4n) is 2.25. The van der Waals surface area contributed by atoms with Crippen molar-refractivity contribution in [3.8, 4) is 0 Å². The molecule has 0 heterocycles. The average molecular weight is 319 g/mol. The molecule has 23 heavy (non-hydrogen) atoms. The number of carbonyl (C=O) groups is 2. The molecule has 2 N–H and O–H groups in total. The molecule has 1 rings (SSSR count). The maximum atomic E-state index is 12.7. The maximum Gasteiger partial charge on any atom is 0.242 e. The number of amides is 2. The molecular formula is C18H29N3O2. The monoisotopic (exact) mass is 319 g/mol. The SMILES string of the molecule is CCC(C)NC(=O)C(C)NC(=O)C(c1ccccc1)N(C)CC. The van der Waals surface area contributed by atoms with Gasteiger partial charge in [0.1, 0.15) is 12.1 Å². The Hall–Kier alpha value is -1.88. The number of nitrogens with one attached hydrogen (secondary N) is 2. The van der Waals surface area contributed by atoms with E-state index in [0.717, 1.165) is 18.5 Å². The van der Waals surface area contributed by atoms with Crippen LogP contribution in [0.1, 0.15) is 45.7 Å². The van der Waals surface area contributed by atoms with Crippen molar-refractivity contribution in [2.75, 3.05) is 13.6 Å². The summed E-state index contributed by atoms with van der Waals surface area (Å²) in [4.78, 5) is 26.8. The zero-order valence-electron chi connectivity index (χ0n) is 14.8. The summed E-state index contributed by atoms with van der Waals surface area (Å²) in [5, 5.41) is 5.72. The quantitative estimate of drug-likeness (QED) is 0.771. The molecule has 0 spiro atoms. The van der Waals surface area contributed by atoms with E-state index in [-0.39, 0.29) is 17.9 Å². The molecule has 3 atom stereocenters. The summed E-state index contributed by atoms with van der Waals surface area (Å²) in [6.07, 6.45) is 0.859. The highest BCUT2D eigenvalue weighted by molar-refractivity contribution is 5.90. The smallest absolute Gasteiger partial charge is 0.242 e. The Labute approximate surface area is 139 Å². The first-order valence-corrected chi connectivity index (χ1v) is 8.26. The molecule has 0 aliphatic carbocycles. The summed E-state index contributed by atoms with van der Waals surface area (Å²) < 4.78 is 0. The molecule has 0 aromatic heterocycles. The van der Waals surface area contributed by atoms with Gasteiger partial charge in [-0.1, -0.05) is 44.2 Å². The minimum absolute atomic E-state index is 0.102. The molecule has 1 aromatic carbocycles. The van der Waals surface area contributed by atoms with Crippen LogP contribution in [0.4, 0.5) is 0 Å². The van der Waals surface area contributed by atoms with Gasteiger partial charge in [0, 0.05) is 6.04 Å². The van der Waals surface area contributed by atoms with Gasteiger partial charge < -0.3 is 10.6 Å². The minimum atomic E-state index is -0.562. The lowest BCUT2D eigenvalue weighted by atomic mass is 10.0. The average Bonchev–Trinajstić information content (AvgIpc) is 2.55. The van der Waals surface area contributed by atoms with Crippen molar-refractivity contribution in [1.29, 1.82) is 0 Å². The largest absolute Gasteiger partial charge is 0.352 e. The molecular weight excluding hydrogens is 290 g/mol. The van der Waals surface area contributed by atoms with Crippen molar-refractivity contribution in [3.05, 3.63) is 35.9 Å². The van der Waals surface area contributed by atoms with Crippen molar-refractivity contribution in [2.24, 2.45) is 0 Å². The van der Waals surface area contributed by atoms with Crippen LogP contribution in [0.15, 0.2) is 30.3 Å². The van der Waals surface area contributed by atoms with Gasteiger partial charge in [-0.3, -0.25) is 14.5 Å². The van der Waals surface area contributed by atoms with Crippen LogP contribution in [0, 0.1) is 0 Å². The van der Waals surface area contributed by atoms with Crippen LogP contribution in [0.25, 0.3) is 0 Å². The number of rotatable bonds is 8. The van der Waals surface area contributed by atoms with E-state index in [9.17, 15) is 9.59 Å². The molecule has 5 nitrogen and oxygen atoms in total. The van der Waals surface area contributed by atoms with Crippen molar-refractivity contribution in [3.63, 3.8) is 0 Å². The standard InChI is InChI=1S/C18H29N3O2/c1-6-13(3)19-17(22)14(4)20-18(23)16(21(5)7-2)15-11-9-8-10-12-15/h8-14,16H,6-7H2,1-5H3,(H,19,22)(H,20,23). The zero-order valence-corrected chi connectivity index (χ0v) is 14.8. The van der Waals surface area contributed by atoms with Gasteiger partial charge in [-0.15, -0.1) is 0 Å². The van der Waals surface area contributed by atoms with E-state index in [2.05, 4.69) is 10.6 Å². The van der Waals surface area contributed by atoms with E-state index in [1.54, 1.807) is 6.92 Å². The molecule has 0 aliphatic heterocycles. The highest BCUT2D eigenvalue weighted by Gasteiger charge is 2.27. The second-order valence-corrected chi connectivity index (χ2v) is 5.93. The van der Waals surface area contributed by atoms with Crippen LogP contribution in [0.2, 0.25) is 0 Å². The lowest BCUT2D eigenvalue weighted by molar-refractivity contribution is -0.131. The summed E-state index contributed by atoms with van der Waals surface area (Å²) in [7, 11) is 1.90. The van der Waals surface area contributed by atoms with E-state index in [1.807, 2.05) is 63.1 Å². The molecule has 5 heteroatoms. The van der Waals surface area contributed by atoms with Gasteiger partial charge >= 0.3 is 0 Å². The van der Waals surface area contributed by atoms with E-state index in [1.165, 1.54) is 0 Å². The molecule has 3 unspecified atom stereocenters. The Morgan fingerprint density at radius 3 is 2.17 bits per heavy atom. The van der Waals surface area contributed by atoms with Crippen molar-refractivity contribution in [2.45, 2.75) is 52.2 Å². The van der Waals surface area contributed by atoms with Crippen molar-refractivity contribution >= 4 is 11.8 Å². The number of hydrogen-bond donors (Lipinski definition) is 2. The second-order valence-electron chi connectivity index (χ2n) is 5.93. The summed E-state index contributed by atoms with van der Waals surface area (Å²) in [6.45, 7) is 8.41. The number of carbonyl (C=O) groups excluding carboxylic acids is 2. The van der Waals surface area contributed by atoms with E-state index in [4.69, 9.17) is 0 Å². The summed E-state index contributed by atoms with van der Waals surface area (Å²) >= 11 is 0. The third-order valence-electron chi connectivity index (χ3n) is 4.06. The van der Waals surface area contributed by atoms with Crippen LogP contribution in [-0.2, 0) is 9.59 Å². The van der Waals surface area contributed by atoms with E-state index in [0.29, 0.717) is 0 Å². The van der Waals surface area contributed by atoms with Crippen LogP contribution in [0.5, 0.6) is 0 Å². The zero-order chi connectivity index (χ0) is 17.4. The van der Waals surface area contributed by atoms with Crippen LogP contribution < -0.4 is 10.6 Å². The molecule has 0 saturated carbocycles. The van der Waals surface area contributed by atoms with Gasteiger partial charge in [-0.25, -0.2) is 0 Å². The highest BCUT2D eigenvalue weighted by atomic mass is 16.2. The first-order valence-electron chi connectivity index (χ1n) is 8.26. The first kappa shape index (κ1) is 19.2. The summed E-state index contributed by atoms with van der Waals surface area (Å²) in [5.41, 5.74) is 0.920. The molecule has 0 radical (unpaired) electrons. The van der Waals surface area contributed by atoms with Gasteiger partial charge in [0.05, 0.1) is 0 Å². The summed E-state index contributed by atoms with van der Waals surface area (Å²) in [5.74, 6) is -0.314. The highest BCUT2D eigenvalue weighted by Crippen LogP contribution is 2.19. The Balaban J connectivity index is 2.80. The van der Waals surface area contributed by atoms with Gasteiger partial charge in [0.2, 0.25) is 11.8 Å². The predicted octanol–water partition coefficient (Wildman–Crippen LogP) is 2.10.